The summed E-state index contributed by atoms with van der Waals surface area (Å²) in [5.74, 6) is 0. The Morgan fingerprint density at radius 3 is 2.15 bits per heavy atom. The summed E-state index contributed by atoms with van der Waals surface area (Å²) in [6.45, 7) is 2.56. The smallest absolute Gasteiger partial charge is 0.302 e. The van der Waals surface area contributed by atoms with Gasteiger partial charge in [-0.25, -0.2) is 0 Å². The zero-order valence-electron chi connectivity index (χ0n) is 12.0. The van der Waals surface area contributed by atoms with Gasteiger partial charge in [0.15, 0.2) is 0 Å². The van der Waals surface area contributed by atoms with E-state index in [0.29, 0.717) is 6.54 Å². The number of hydrogen-bond acceptors (Lipinski definition) is 1. The Morgan fingerprint density at radius 2 is 1.55 bits per heavy atom. The summed E-state index contributed by atoms with van der Waals surface area (Å²) < 4.78 is 39.1. The van der Waals surface area contributed by atoms with Gasteiger partial charge in [0.2, 0.25) is 0 Å². The average Bonchev–Trinajstić information content (AvgIpc) is 2.41. The second-order valence-electron chi connectivity index (χ2n) is 5.11. The minimum absolute atomic E-state index is 0.283. The largest absolute Gasteiger partial charge is 0.407 e. The highest BCUT2D eigenvalue weighted by Crippen LogP contribution is 2.32. The van der Waals surface area contributed by atoms with Crippen LogP contribution in [0.1, 0.15) is 57.1 Å². The van der Waals surface area contributed by atoms with Crippen molar-refractivity contribution in [3.8, 4) is 0 Å². The summed E-state index contributed by atoms with van der Waals surface area (Å²) in [6, 6.07) is 6.49. The fourth-order valence-corrected chi connectivity index (χ4v) is 2.22. The van der Waals surface area contributed by atoms with Crippen LogP contribution in [0.25, 0.3) is 0 Å². The second-order valence-corrected chi connectivity index (χ2v) is 5.11. The Balaban J connectivity index is 2.36. The first-order valence-corrected chi connectivity index (χ1v) is 7.40. The number of unbranched alkanes of at least 4 members (excludes halogenated alkanes) is 5. The molecule has 1 atom stereocenters. The molecule has 1 N–H and O–H groups in total. The summed E-state index contributed by atoms with van der Waals surface area (Å²) in [5.41, 5.74) is 0.283. The van der Waals surface area contributed by atoms with Gasteiger partial charge >= 0.3 is 6.18 Å². The number of alkyl halides is 3. The van der Waals surface area contributed by atoms with Gasteiger partial charge < -0.3 is 5.32 Å². The molecule has 0 aliphatic carbocycles. The Bertz CT molecular complexity index is 348. The summed E-state index contributed by atoms with van der Waals surface area (Å²) in [7, 11) is 0. The summed E-state index contributed by atoms with van der Waals surface area (Å²) in [4.78, 5) is 0. The van der Waals surface area contributed by atoms with Gasteiger partial charge in [-0.2, -0.15) is 13.2 Å². The molecular formula is C16H24F3N. The van der Waals surface area contributed by atoms with E-state index in [2.05, 4.69) is 12.2 Å². The van der Waals surface area contributed by atoms with Gasteiger partial charge in [-0.3, -0.25) is 0 Å². The van der Waals surface area contributed by atoms with Crippen molar-refractivity contribution in [3.05, 3.63) is 35.9 Å². The minimum atomic E-state index is -4.25. The van der Waals surface area contributed by atoms with Crippen LogP contribution in [0.3, 0.4) is 0 Å². The lowest BCUT2D eigenvalue weighted by Crippen LogP contribution is -2.34. The number of nitrogens with one attached hydrogen (secondary N) is 1. The molecule has 0 aliphatic heterocycles. The molecule has 0 bridgehead atoms. The number of rotatable bonds is 9. The Labute approximate surface area is 119 Å². The molecule has 1 rings (SSSR count). The molecule has 0 aromatic heterocycles. The van der Waals surface area contributed by atoms with Crippen LogP contribution in [-0.4, -0.2) is 12.7 Å². The van der Waals surface area contributed by atoms with E-state index in [-0.39, 0.29) is 5.56 Å². The van der Waals surface area contributed by atoms with Crippen molar-refractivity contribution in [3.63, 3.8) is 0 Å². The van der Waals surface area contributed by atoms with Crippen LogP contribution < -0.4 is 5.32 Å². The van der Waals surface area contributed by atoms with Gasteiger partial charge in [0.05, 0.1) is 0 Å². The summed E-state index contributed by atoms with van der Waals surface area (Å²) in [6.07, 6.45) is 2.22. The predicted octanol–water partition coefficient (Wildman–Crippen LogP) is 5.24. The zero-order chi connectivity index (χ0) is 14.8. The van der Waals surface area contributed by atoms with Crippen LogP contribution in [0.2, 0.25) is 0 Å². The van der Waals surface area contributed by atoms with Crippen LogP contribution in [0.5, 0.6) is 0 Å². The molecule has 114 valence electrons. The van der Waals surface area contributed by atoms with Gasteiger partial charge in [-0.05, 0) is 18.5 Å². The molecule has 0 fully saturated rings. The van der Waals surface area contributed by atoms with Crippen LogP contribution in [0.15, 0.2) is 30.3 Å². The summed E-state index contributed by atoms with van der Waals surface area (Å²) in [5, 5.41) is 2.64. The molecule has 1 unspecified atom stereocenters. The molecule has 1 nitrogen and oxygen atoms in total. The molecule has 0 radical (unpaired) electrons. The molecule has 0 aliphatic rings. The lowest BCUT2D eigenvalue weighted by molar-refractivity contribution is -0.157. The maximum atomic E-state index is 13.0. The summed E-state index contributed by atoms with van der Waals surface area (Å²) >= 11 is 0. The van der Waals surface area contributed by atoms with Crippen LogP contribution in [-0.2, 0) is 0 Å². The third-order valence-electron chi connectivity index (χ3n) is 3.34. The monoisotopic (exact) mass is 287 g/mol. The normalized spacial score (nSPS) is 13.4. The maximum absolute atomic E-state index is 13.0. The van der Waals surface area contributed by atoms with Gasteiger partial charge in [-0.1, -0.05) is 69.4 Å². The highest BCUT2D eigenvalue weighted by Gasteiger charge is 2.40. The van der Waals surface area contributed by atoms with E-state index in [1.165, 1.54) is 31.4 Å². The lowest BCUT2D eigenvalue weighted by atomic mass is 10.1. The van der Waals surface area contributed by atoms with Gasteiger partial charge in [0.25, 0.3) is 0 Å². The molecule has 1 aromatic carbocycles. The molecule has 4 heteroatoms. The minimum Gasteiger partial charge on any atom is -0.302 e. The second kappa shape index (κ2) is 9.01. The molecule has 0 heterocycles. The van der Waals surface area contributed by atoms with Crippen molar-refractivity contribution in [2.75, 3.05) is 6.54 Å². The standard InChI is InChI=1S/C16H24F3N/c1-2-3-4-5-6-10-13-20-15(16(17,18)19)14-11-8-7-9-12-14/h7-9,11-12,15,20H,2-6,10,13H2,1H3. The first-order valence-electron chi connectivity index (χ1n) is 7.40. The molecular weight excluding hydrogens is 263 g/mol. The fourth-order valence-electron chi connectivity index (χ4n) is 2.22. The Morgan fingerprint density at radius 1 is 0.950 bits per heavy atom. The average molecular weight is 287 g/mol. The molecule has 0 spiro atoms. The van der Waals surface area contributed by atoms with E-state index in [0.717, 1.165) is 19.3 Å². The molecule has 1 aromatic rings. The fraction of sp³-hybridized carbons (Fsp3) is 0.625. The third-order valence-corrected chi connectivity index (χ3v) is 3.34. The molecule has 20 heavy (non-hydrogen) atoms. The molecule has 0 saturated heterocycles. The first-order chi connectivity index (χ1) is 9.55. The van der Waals surface area contributed by atoms with Crippen molar-refractivity contribution in [1.29, 1.82) is 0 Å². The van der Waals surface area contributed by atoms with Gasteiger partial charge in [0, 0.05) is 0 Å². The Hall–Kier alpha value is -1.03. The number of benzene rings is 1. The van der Waals surface area contributed by atoms with E-state index in [9.17, 15) is 13.2 Å². The quantitative estimate of drug-likeness (QED) is 0.612. The molecule has 0 saturated carbocycles. The highest BCUT2D eigenvalue weighted by molar-refractivity contribution is 5.20. The van der Waals surface area contributed by atoms with E-state index in [4.69, 9.17) is 0 Å². The van der Waals surface area contributed by atoms with Gasteiger partial charge in [-0.15, -0.1) is 0 Å². The van der Waals surface area contributed by atoms with E-state index < -0.39 is 12.2 Å². The lowest BCUT2D eigenvalue weighted by Gasteiger charge is -2.22. The SMILES string of the molecule is CCCCCCCCNC(c1ccccc1)C(F)(F)F. The zero-order valence-corrected chi connectivity index (χ0v) is 12.0. The Kier molecular flexibility index (Phi) is 7.67. The van der Waals surface area contributed by atoms with Crippen LogP contribution >= 0.6 is 0 Å². The highest BCUT2D eigenvalue weighted by atomic mass is 19.4. The van der Waals surface area contributed by atoms with Crippen molar-refractivity contribution < 1.29 is 13.2 Å². The van der Waals surface area contributed by atoms with Crippen molar-refractivity contribution in [1.82, 2.24) is 5.32 Å². The third kappa shape index (κ3) is 6.42. The van der Waals surface area contributed by atoms with Crippen LogP contribution in [0.4, 0.5) is 13.2 Å². The van der Waals surface area contributed by atoms with E-state index >= 15 is 0 Å². The first kappa shape index (κ1) is 17.0. The van der Waals surface area contributed by atoms with E-state index in [1.54, 1.807) is 18.2 Å². The molecule has 0 amide bonds. The van der Waals surface area contributed by atoms with E-state index in [1.807, 2.05) is 0 Å². The maximum Gasteiger partial charge on any atom is 0.407 e. The number of halogens is 3. The topological polar surface area (TPSA) is 12.0 Å². The number of hydrogen-bond donors (Lipinski definition) is 1. The van der Waals surface area contributed by atoms with Crippen molar-refractivity contribution in [2.45, 2.75) is 57.7 Å². The predicted molar refractivity (Wildman–Crippen MR) is 76.6 cm³/mol. The van der Waals surface area contributed by atoms with Crippen molar-refractivity contribution in [2.24, 2.45) is 0 Å². The van der Waals surface area contributed by atoms with Gasteiger partial charge in [0.1, 0.15) is 6.04 Å². The van der Waals surface area contributed by atoms with Crippen LogP contribution in [0, 0.1) is 0 Å². The van der Waals surface area contributed by atoms with Crippen molar-refractivity contribution >= 4 is 0 Å².